The number of ether oxygens (including phenoxy) is 1. The van der Waals surface area contributed by atoms with E-state index in [1.165, 1.54) is 41.4 Å². The third kappa shape index (κ3) is 5.01. The maximum Gasteiger partial charge on any atom is 0.269 e. The Morgan fingerprint density at radius 1 is 1.17 bits per heavy atom. The minimum atomic E-state index is -0.412. The quantitative estimate of drug-likeness (QED) is 0.445. The largest absolute Gasteiger partial charge is 0.484 e. The van der Waals surface area contributed by atoms with Crippen LogP contribution >= 0.6 is 11.3 Å². The molecule has 7 nitrogen and oxygen atoms in total. The summed E-state index contributed by atoms with van der Waals surface area (Å²) in [6.45, 7) is -0.0847. The first-order chi connectivity index (χ1) is 14.6. The van der Waals surface area contributed by atoms with Crippen LogP contribution < -0.4 is 10.1 Å². The summed E-state index contributed by atoms with van der Waals surface area (Å²) in [6, 6.07) is 12.5. The molecule has 1 aromatic heterocycles. The van der Waals surface area contributed by atoms with E-state index in [4.69, 9.17) is 4.74 Å². The van der Waals surface area contributed by atoms with E-state index < -0.39 is 4.92 Å². The number of aromatic nitrogens is 1. The van der Waals surface area contributed by atoms with E-state index in [0.717, 1.165) is 23.3 Å². The first-order valence-corrected chi connectivity index (χ1v) is 10.6. The van der Waals surface area contributed by atoms with Gasteiger partial charge in [0, 0.05) is 29.6 Å². The molecule has 0 spiro atoms. The van der Waals surface area contributed by atoms with Gasteiger partial charge in [0.25, 0.3) is 11.6 Å². The van der Waals surface area contributed by atoms with Crippen molar-refractivity contribution >= 4 is 28.1 Å². The molecule has 1 amide bonds. The number of hydrogen-bond donors (Lipinski definition) is 1. The molecule has 0 saturated carbocycles. The predicted molar refractivity (Wildman–Crippen MR) is 115 cm³/mol. The van der Waals surface area contributed by atoms with Crippen LogP contribution in [0.3, 0.4) is 0 Å². The van der Waals surface area contributed by atoms with Gasteiger partial charge in [-0.05, 0) is 54.5 Å². The van der Waals surface area contributed by atoms with Crippen molar-refractivity contribution < 1.29 is 14.5 Å². The van der Waals surface area contributed by atoms with E-state index >= 15 is 0 Å². The summed E-state index contributed by atoms with van der Waals surface area (Å²) in [6.07, 6.45) is 6.78. The van der Waals surface area contributed by atoms with Gasteiger partial charge in [-0.15, -0.1) is 11.3 Å². The number of thiazole rings is 1. The topological polar surface area (TPSA) is 94.4 Å². The van der Waals surface area contributed by atoms with E-state index in [0.29, 0.717) is 17.3 Å². The van der Waals surface area contributed by atoms with Gasteiger partial charge in [0.05, 0.1) is 4.92 Å². The Bertz CT molecular complexity index is 1080. The average Bonchev–Trinajstić information content (AvgIpc) is 3.18. The third-order valence-electron chi connectivity index (χ3n) is 4.99. The second kappa shape index (κ2) is 9.04. The number of aryl methyl sites for hydroxylation is 2. The SMILES string of the molecule is O=C(COc1ccc2c(c1)CCCC2)Nc1ncc(Cc2cccc([N+](=O)[O-])c2)s1. The lowest BCUT2D eigenvalue weighted by Crippen LogP contribution is -2.20. The Morgan fingerprint density at radius 2 is 2.00 bits per heavy atom. The van der Waals surface area contributed by atoms with Crippen molar-refractivity contribution in [2.24, 2.45) is 0 Å². The van der Waals surface area contributed by atoms with Crippen LogP contribution in [-0.2, 0) is 24.1 Å². The van der Waals surface area contributed by atoms with Crippen molar-refractivity contribution in [2.45, 2.75) is 32.1 Å². The van der Waals surface area contributed by atoms with Gasteiger partial charge in [-0.1, -0.05) is 18.2 Å². The monoisotopic (exact) mass is 423 g/mol. The lowest BCUT2D eigenvalue weighted by Gasteiger charge is -2.16. The predicted octanol–water partition coefficient (Wildman–Crippen LogP) is 4.54. The number of fused-ring (bicyclic) bond motifs is 1. The molecule has 30 heavy (non-hydrogen) atoms. The molecule has 4 rings (SSSR count). The molecule has 1 heterocycles. The summed E-state index contributed by atoms with van der Waals surface area (Å²) in [5.41, 5.74) is 3.56. The van der Waals surface area contributed by atoms with Gasteiger partial charge in [0.15, 0.2) is 11.7 Å². The molecule has 8 heteroatoms. The molecule has 1 N–H and O–H groups in total. The average molecular weight is 423 g/mol. The Hall–Kier alpha value is -3.26. The fourth-order valence-electron chi connectivity index (χ4n) is 3.53. The summed E-state index contributed by atoms with van der Waals surface area (Å²) in [5, 5.41) is 14.1. The third-order valence-corrected chi connectivity index (χ3v) is 5.90. The number of carbonyl (C=O) groups excluding carboxylic acids is 1. The molecule has 1 aliphatic carbocycles. The van der Waals surface area contributed by atoms with E-state index in [2.05, 4.69) is 16.4 Å². The minimum absolute atomic E-state index is 0.0601. The zero-order valence-electron chi connectivity index (χ0n) is 16.3. The lowest BCUT2D eigenvalue weighted by molar-refractivity contribution is -0.384. The number of rotatable bonds is 7. The number of nitro benzene ring substituents is 1. The number of amides is 1. The Morgan fingerprint density at radius 3 is 2.83 bits per heavy atom. The summed E-state index contributed by atoms with van der Waals surface area (Å²) in [5.74, 6) is 0.431. The van der Waals surface area contributed by atoms with Gasteiger partial charge in [0.1, 0.15) is 5.75 Å². The van der Waals surface area contributed by atoms with Gasteiger partial charge in [-0.2, -0.15) is 0 Å². The first-order valence-electron chi connectivity index (χ1n) is 9.79. The molecular weight excluding hydrogens is 402 g/mol. The maximum atomic E-state index is 12.2. The van der Waals surface area contributed by atoms with Crippen LogP contribution in [0.25, 0.3) is 0 Å². The smallest absolute Gasteiger partial charge is 0.269 e. The standard InChI is InChI=1S/C22H21N3O4S/c26-21(14-29-19-9-8-16-5-1-2-6-17(16)12-19)24-22-23-13-20(30-22)11-15-4-3-7-18(10-15)25(27)28/h3-4,7-10,12-13H,1-2,5-6,11,14H2,(H,23,24,26). The number of hydrogen-bond acceptors (Lipinski definition) is 6. The van der Waals surface area contributed by atoms with Gasteiger partial charge in [0.2, 0.25) is 0 Å². The van der Waals surface area contributed by atoms with E-state index in [1.54, 1.807) is 18.3 Å². The number of nitro groups is 1. The molecular formula is C22H21N3O4S. The van der Waals surface area contributed by atoms with Crippen LogP contribution in [0, 0.1) is 10.1 Å². The zero-order valence-corrected chi connectivity index (χ0v) is 17.1. The van der Waals surface area contributed by atoms with Crippen molar-refractivity contribution in [1.29, 1.82) is 0 Å². The van der Waals surface area contributed by atoms with Crippen molar-refractivity contribution in [2.75, 3.05) is 11.9 Å². The highest BCUT2D eigenvalue weighted by molar-refractivity contribution is 7.15. The fourth-order valence-corrected chi connectivity index (χ4v) is 4.39. The van der Waals surface area contributed by atoms with Gasteiger partial charge in [-0.25, -0.2) is 4.98 Å². The zero-order chi connectivity index (χ0) is 20.9. The van der Waals surface area contributed by atoms with Crippen molar-refractivity contribution in [3.8, 4) is 5.75 Å². The molecule has 0 bridgehead atoms. The molecule has 0 atom stereocenters. The highest BCUT2D eigenvalue weighted by Crippen LogP contribution is 2.26. The fraction of sp³-hybridized carbons (Fsp3) is 0.273. The number of non-ortho nitro benzene ring substituents is 1. The van der Waals surface area contributed by atoms with E-state index in [-0.39, 0.29) is 18.2 Å². The molecule has 0 fully saturated rings. The van der Waals surface area contributed by atoms with E-state index in [9.17, 15) is 14.9 Å². The van der Waals surface area contributed by atoms with Gasteiger partial charge >= 0.3 is 0 Å². The highest BCUT2D eigenvalue weighted by Gasteiger charge is 2.12. The van der Waals surface area contributed by atoms with Gasteiger partial charge in [-0.3, -0.25) is 20.2 Å². The number of nitrogens with one attached hydrogen (secondary N) is 1. The van der Waals surface area contributed by atoms with Crippen molar-refractivity contribution in [3.05, 3.63) is 80.3 Å². The van der Waals surface area contributed by atoms with Gasteiger partial charge < -0.3 is 4.74 Å². The van der Waals surface area contributed by atoms with Crippen LogP contribution in [0.15, 0.2) is 48.7 Å². The van der Waals surface area contributed by atoms with Crippen LogP contribution in [0.2, 0.25) is 0 Å². The van der Waals surface area contributed by atoms with Crippen molar-refractivity contribution in [3.63, 3.8) is 0 Å². The second-order valence-corrected chi connectivity index (χ2v) is 8.33. The molecule has 0 unspecified atom stereocenters. The Kier molecular flexibility index (Phi) is 6.04. The molecule has 2 aromatic carbocycles. The number of anilines is 1. The molecule has 1 aliphatic rings. The summed E-state index contributed by atoms with van der Waals surface area (Å²) < 4.78 is 5.65. The molecule has 154 valence electrons. The maximum absolute atomic E-state index is 12.2. The van der Waals surface area contributed by atoms with Crippen LogP contribution in [-0.4, -0.2) is 22.4 Å². The number of carbonyl (C=O) groups is 1. The summed E-state index contributed by atoms with van der Waals surface area (Å²) in [4.78, 5) is 27.8. The number of nitrogens with zero attached hydrogens (tertiary/aromatic N) is 2. The molecule has 0 saturated heterocycles. The minimum Gasteiger partial charge on any atom is -0.484 e. The van der Waals surface area contributed by atoms with Crippen molar-refractivity contribution in [1.82, 2.24) is 4.98 Å². The van der Waals surface area contributed by atoms with Crippen LogP contribution in [0.5, 0.6) is 5.75 Å². The lowest BCUT2D eigenvalue weighted by atomic mass is 9.92. The highest BCUT2D eigenvalue weighted by atomic mass is 32.1. The Balaban J connectivity index is 1.31. The summed E-state index contributed by atoms with van der Waals surface area (Å²) in [7, 11) is 0. The molecule has 3 aromatic rings. The normalized spacial score (nSPS) is 12.8. The summed E-state index contributed by atoms with van der Waals surface area (Å²) >= 11 is 1.34. The molecule has 0 aliphatic heterocycles. The Labute approximate surface area is 177 Å². The van der Waals surface area contributed by atoms with Crippen LogP contribution in [0.1, 0.15) is 34.4 Å². The second-order valence-electron chi connectivity index (χ2n) is 7.21. The van der Waals surface area contributed by atoms with Crippen LogP contribution in [0.4, 0.5) is 10.8 Å². The number of benzene rings is 2. The first kappa shape index (κ1) is 20.0. The van der Waals surface area contributed by atoms with E-state index in [1.807, 2.05) is 18.2 Å². The molecule has 0 radical (unpaired) electrons.